The molecule has 7 aromatic rings. The highest BCUT2D eigenvalue weighted by atomic mass is 79.9. The molecule has 7 aromatic carbocycles. The molecule has 0 saturated heterocycles. The zero-order valence-electron chi connectivity index (χ0n) is 20.7. The molecule has 0 atom stereocenters. The minimum atomic E-state index is 1.10. The van der Waals surface area contributed by atoms with Crippen LogP contribution in [0, 0.1) is 0 Å². The van der Waals surface area contributed by atoms with E-state index in [-0.39, 0.29) is 0 Å². The summed E-state index contributed by atoms with van der Waals surface area (Å²) in [5.41, 5.74) is 5.87. The molecule has 0 saturated carbocycles. The van der Waals surface area contributed by atoms with Crippen molar-refractivity contribution >= 4 is 65.3 Å². The van der Waals surface area contributed by atoms with Gasteiger partial charge >= 0.3 is 0 Å². The molecule has 0 heterocycles. The van der Waals surface area contributed by atoms with Gasteiger partial charge in [0.1, 0.15) is 0 Å². The number of hydrogen-bond donors (Lipinski definition) is 0. The first-order chi connectivity index (χ1) is 18.7. The number of nitrogens with zero attached hydrogens (tertiary/aromatic N) is 1. The molecular weight excluding hydrogens is 526 g/mol. The van der Waals surface area contributed by atoms with Crippen LogP contribution in [0.2, 0.25) is 0 Å². The Bertz CT molecular complexity index is 1920. The molecule has 0 fully saturated rings. The summed E-state index contributed by atoms with van der Waals surface area (Å²) in [6, 6.07) is 52.3. The number of anilines is 3. The molecule has 0 unspecified atom stereocenters. The van der Waals surface area contributed by atoms with Gasteiger partial charge < -0.3 is 4.90 Å². The first-order valence-corrected chi connectivity index (χ1v) is 13.6. The Balaban J connectivity index is 1.34. The summed E-state index contributed by atoms with van der Waals surface area (Å²) in [6.45, 7) is 0. The molecule has 0 aliphatic rings. The molecule has 0 bridgehead atoms. The Hall–Kier alpha value is -4.40. The summed E-state index contributed by atoms with van der Waals surface area (Å²) in [5, 5.41) is 7.53. The predicted octanol–water partition coefficient (Wildman–Crippen LogP) is 11.0. The van der Waals surface area contributed by atoms with Crippen LogP contribution in [0.4, 0.5) is 17.1 Å². The Labute approximate surface area is 230 Å². The van der Waals surface area contributed by atoms with Gasteiger partial charge in [-0.15, -0.1) is 0 Å². The molecule has 0 aromatic heterocycles. The van der Waals surface area contributed by atoms with Gasteiger partial charge in [-0.25, -0.2) is 0 Å². The lowest BCUT2D eigenvalue weighted by atomic mass is 9.98. The van der Waals surface area contributed by atoms with Gasteiger partial charge in [-0.05, 0) is 92.0 Å². The fourth-order valence-electron chi connectivity index (χ4n) is 5.46. The van der Waals surface area contributed by atoms with Gasteiger partial charge in [0.2, 0.25) is 0 Å². The van der Waals surface area contributed by atoms with Crippen LogP contribution in [0.5, 0.6) is 0 Å². The van der Waals surface area contributed by atoms with Crippen molar-refractivity contribution in [2.45, 2.75) is 0 Å². The van der Waals surface area contributed by atoms with Crippen molar-refractivity contribution in [3.63, 3.8) is 0 Å². The average Bonchev–Trinajstić information content (AvgIpc) is 2.98. The van der Waals surface area contributed by atoms with Crippen molar-refractivity contribution in [3.8, 4) is 11.1 Å². The Morgan fingerprint density at radius 2 is 1.03 bits per heavy atom. The fourth-order valence-corrected chi connectivity index (χ4v) is 5.84. The van der Waals surface area contributed by atoms with Gasteiger partial charge in [-0.2, -0.15) is 0 Å². The number of fused-ring (bicyclic) bond motifs is 4. The molecule has 0 aliphatic heterocycles. The number of rotatable bonds is 4. The second-order valence-corrected chi connectivity index (χ2v) is 10.5. The van der Waals surface area contributed by atoms with Gasteiger partial charge in [0, 0.05) is 21.5 Å². The molecule has 7 rings (SSSR count). The predicted molar refractivity (Wildman–Crippen MR) is 167 cm³/mol. The summed E-state index contributed by atoms with van der Waals surface area (Å²) < 4.78 is 1.10. The second kappa shape index (κ2) is 9.48. The molecular formula is C36H24BrN. The van der Waals surface area contributed by atoms with Gasteiger partial charge in [-0.1, -0.05) is 113 Å². The molecule has 0 aliphatic carbocycles. The van der Waals surface area contributed by atoms with Gasteiger partial charge in [0.25, 0.3) is 0 Å². The van der Waals surface area contributed by atoms with E-state index >= 15 is 0 Å². The van der Waals surface area contributed by atoms with Crippen LogP contribution in [-0.2, 0) is 0 Å². The van der Waals surface area contributed by atoms with E-state index in [0.717, 1.165) is 21.5 Å². The minimum Gasteiger partial charge on any atom is -0.310 e. The molecule has 0 N–H and O–H groups in total. The van der Waals surface area contributed by atoms with Crippen LogP contribution in [0.3, 0.4) is 0 Å². The number of halogens is 1. The number of hydrogen-bond acceptors (Lipinski definition) is 1. The Kier molecular flexibility index (Phi) is 5.68. The lowest BCUT2D eigenvalue weighted by Gasteiger charge is -2.26. The van der Waals surface area contributed by atoms with E-state index in [0.29, 0.717) is 0 Å². The molecule has 38 heavy (non-hydrogen) atoms. The van der Waals surface area contributed by atoms with E-state index in [1.807, 2.05) is 0 Å². The van der Waals surface area contributed by atoms with E-state index in [1.165, 1.54) is 43.4 Å². The van der Waals surface area contributed by atoms with Crippen molar-refractivity contribution in [3.05, 3.63) is 150 Å². The molecule has 0 amide bonds. The van der Waals surface area contributed by atoms with Crippen LogP contribution in [0.1, 0.15) is 0 Å². The van der Waals surface area contributed by atoms with Crippen molar-refractivity contribution in [2.75, 3.05) is 4.90 Å². The highest BCUT2D eigenvalue weighted by Gasteiger charge is 2.14. The van der Waals surface area contributed by atoms with Gasteiger partial charge in [0.05, 0.1) is 0 Å². The summed E-state index contributed by atoms with van der Waals surface area (Å²) in [6.07, 6.45) is 0. The van der Waals surface area contributed by atoms with Crippen molar-refractivity contribution in [1.82, 2.24) is 0 Å². The van der Waals surface area contributed by atoms with Crippen LogP contribution in [0.25, 0.3) is 43.4 Å². The third kappa shape index (κ3) is 4.04. The van der Waals surface area contributed by atoms with Crippen molar-refractivity contribution in [2.24, 2.45) is 0 Å². The van der Waals surface area contributed by atoms with E-state index in [9.17, 15) is 0 Å². The fraction of sp³-hybridized carbons (Fsp3) is 0. The average molecular weight is 550 g/mol. The second-order valence-electron chi connectivity index (χ2n) is 9.58. The largest absolute Gasteiger partial charge is 0.310 e. The van der Waals surface area contributed by atoms with Gasteiger partial charge in [-0.3, -0.25) is 0 Å². The standard InChI is InChI=1S/C36H24BrN/c37-29-17-21-35-27(23-29)13-14-28-24-32(20-22-36(28)35)38(30-9-2-1-3-10-30)31-18-15-26(16-19-31)34-12-6-8-25-7-4-5-11-33(25)34/h1-24H. The maximum atomic E-state index is 3.60. The maximum Gasteiger partial charge on any atom is 0.0468 e. The Morgan fingerprint density at radius 1 is 0.395 bits per heavy atom. The monoisotopic (exact) mass is 549 g/mol. The zero-order chi connectivity index (χ0) is 25.5. The first-order valence-electron chi connectivity index (χ1n) is 12.8. The maximum absolute atomic E-state index is 3.60. The zero-order valence-corrected chi connectivity index (χ0v) is 22.3. The van der Waals surface area contributed by atoms with E-state index in [1.54, 1.807) is 0 Å². The SMILES string of the molecule is Brc1ccc2c(ccc3cc(N(c4ccccc4)c4ccc(-c5cccc6ccccc56)cc4)ccc32)c1. The summed E-state index contributed by atoms with van der Waals surface area (Å²) in [7, 11) is 0. The normalized spacial score (nSPS) is 11.3. The topological polar surface area (TPSA) is 3.24 Å². The molecule has 1 nitrogen and oxygen atoms in total. The molecule has 0 spiro atoms. The lowest BCUT2D eigenvalue weighted by Crippen LogP contribution is -2.09. The van der Waals surface area contributed by atoms with Crippen LogP contribution in [0.15, 0.2) is 150 Å². The van der Waals surface area contributed by atoms with E-state index in [4.69, 9.17) is 0 Å². The molecule has 0 radical (unpaired) electrons. The summed E-state index contributed by atoms with van der Waals surface area (Å²) in [4.78, 5) is 2.33. The minimum absolute atomic E-state index is 1.10. The van der Waals surface area contributed by atoms with Crippen LogP contribution < -0.4 is 4.90 Å². The molecule has 2 heteroatoms. The third-order valence-corrected chi connectivity index (χ3v) is 7.77. The Morgan fingerprint density at radius 3 is 1.84 bits per heavy atom. The number of benzene rings is 7. The van der Waals surface area contributed by atoms with E-state index < -0.39 is 0 Å². The smallest absolute Gasteiger partial charge is 0.0468 e. The first kappa shape index (κ1) is 22.8. The summed E-state index contributed by atoms with van der Waals surface area (Å²) >= 11 is 3.60. The van der Waals surface area contributed by atoms with Crippen LogP contribution >= 0.6 is 15.9 Å². The van der Waals surface area contributed by atoms with Crippen molar-refractivity contribution in [1.29, 1.82) is 0 Å². The van der Waals surface area contributed by atoms with Gasteiger partial charge in [0.15, 0.2) is 0 Å². The van der Waals surface area contributed by atoms with Crippen molar-refractivity contribution < 1.29 is 0 Å². The quantitative estimate of drug-likeness (QED) is 0.197. The highest BCUT2D eigenvalue weighted by molar-refractivity contribution is 9.10. The summed E-state index contributed by atoms with van der Waals surface area (Å²) in [5.74, 6) is 0. The third-order valence-electron chi connectivity index (χ3n) is 7.28. The lowest BCUT2D eigenvalue weighted by molar-refractivity contribution is 1.29. The van der Waals surface area contributed by atoms with Crippen LogP contribution in [-0.4, -0.2) is 0 Å². The van der Waals surface area contributed by atoms with E-state index in [2.05, 4.69) is 166 Å². The molecule has 180 valence electrons. The highest BCUT2D eigenvalue weighted by Crippen LogP contribution is 2.39. The number of para-hydroxylation sites is 1.